The molecule has 0 aliphatic heterocycles. The summed E-state index contributed by atoms with van der Waals surface area (Å²) in [4.78, 5) is -0.423. The molecular formula is C17H19F2NO4S2. The Morgan fingerprint density at radius 1 is 0.846 bits per heavy atom. The third-order valence-electron chi connectivity index (χ3n) is 4.24. The van der Waals surface area contributed by atoms with E-state index in [-0.39, 0.29) is 10.6 Å². The Bertz CT molecular complexity index is 1020. The second-order valence-electron chi connectivity index (χ2n) is 6.03. The van der Waals surface area contributed by atoms with Crippen LogP contribution in [0.4, 0.5) is 14.5 Å². The number of sulfonamides is 1. The molecule has 0 saturated heterocycles. The van der Waals surface area contributed by atoms with E-state index in [1.165, 1.54) is 0 Å². The number of sulfone groups is 1. The first-order chi connectivity index (χ1) is 11.9. The van der Waals surface area contributed by atoms with E-state index in [9.17, 15) is 25.6 Å². The predicted octanol–water partition coefficient (Wildman–Crippen LogP) is 3.72. The molecule has 2 rings (SSSR count). The van der Waals surface area contributed by atoms with Gasteiger partial charge in [-0.2, -0.15) is 8.78 Å². The monoisotopic (exact) mass is 403 g/mol. The smallest absolute Gasteiger partial charge is 0.280 e. The van der Waals surface area contributed by atoms with E-state index in [1.807, 2.05) is 19.9 Å². The fraction of sp³-hybridized carbons (Fsp3) is 0.294. The molecule has 5 nitrogen and oxygen atoms in total. The van der Waals surface area contributed by atoms with E-state index in [0.29, 0.717) is 11.1 Å². The molecule has 0 spiro atoms. The lowest BCUT2D eigenvalue weighted by Crippen LogP contribution is -2.17. The van der Waals surface area contributed by atoms with Crippen LogP contribution in [0.2, 0.25) is 0 Å². The van der Waals surface area contributed by atoms with Crippen molar-refractivity contribution in [3.05, 3.63) is 52.6 Å². The highest BCUT2D eigenvalue weighted by molar-refractivity contribution is 7.93. The van der Waals surface area contributed by atoms with Gasteiger partial charge in [0.05, 0.1) is 9.79 Å². The number of aryl methyl sites for hydroxylation is 2. The molecule has 2 aromatic carbocycles. The van der Waals surface area contributed by atoms with Crippen LogP contribution in [0, 0.1) is 27.7 Å². The fourth-order valence-corrected chi connectivity index (χ4v) is 5.00. The van der Waals surface area contributed by atoms with Gasteiger partial charge in [0.15, 0.2) is 0 Å². The van der Waals surface area contributed by atoms with Gasteiger partial charge in [-0.25, -0.2) is 16.8 Å². The van der Waals surface area contributed by atoms with Crippen LogP contribution in [0.5, 0.6) is 0 Å². The Morgan fingerprint density at radius 2 is 1.31 bits per heavy atom. The van der Waals surface area contributed by atoms with Crippen molar-refractivity contribution in [1.29, 1.82) is 0 Å². The minimum Gasteiger partial charge on any atom is -0.280 e. The lowest BCUT2D eigenvalue weighted by atomic mass is 10.0. The van der Waals surface area contributed by atoms with E-state index in [4.69, 9.17) is 0 Å². The van der Waals surface area contributed by atoms with Gasteiger partial charge in [-0.15, -0.1) is 0 Å². The van der Waals surface area contributed by atoms with E-state index in [0.717, 1.165) is 35.4 Å². The topological polar surface area (TPSA) is 80.3 Å². The van der Waals surface area contributed by atoms with E-state index in [1.54, 1.807) is 13.8 Å². The SMILES string of the molecule is Cc1cc(C)c(C)c(S(=O)(=O)Nc2ccc(S(=O)(=O)C(F)F)cc2)c1C. The van der Waals surface area contributed by atoms with Gasteiger partial charge in [-0.05, 0) is 74.2 Å². The van der Waals surface area contributed by atoms with Crippen molar-refractivity contribution in [1.82, 2.24) is 0 Å². The van der Waals surface area contributed by atoms with Crippen LogP contribution in [-0.4, -0.2) is 22.6 Å². The maximum absolute atomic E-state index is 12.8. The molecule has 0 amide bonds. The summed E-state index contributed by atoms with van der Waals surface area (Å²) >= 11 is 0. The third-order valence-corrected chi connectivity index (χ3v) is 7.29. The predicted molar refractivity (Wildman–Crippen MR) is 95.8 cm³/mol. The normalized spacial score (nSPS) is 12.4. The molecule has 0 aliphatic carbocycles. The van der Waals surface area contributed by atoms with Gasteiger partial charge in [0.1, 0.15) is 0 Å². The van der Waals surface area contributed by atoms with E-state index < -0.39 is 30.5 Å². The van der Waals surface area contributed by atoms with Crippen LogP contribution in [0.15, 0.2) is 40.1 Å². The zero-order chi connectivity index (χ0) is 19.9. The van der Waals surface area contributed by atoms with Crippen LogP contribution in [-0.2, 0) is 19.9 Å². The Balaban J connectivity index is 2.43. The molecule has 9 heteroatoms. The molecule has 0 saturated carbocycles. The van der Waals surface area contributed by atoms with Crippen molar-refractivity contribution in [2.75, 3.05) is 4.72 Å². The molecule has 0 aliphatic rings. The summed E-state index contributed by atoms with van der Waals surface area (Å²) in [6, 6.07) is 6.06. The molecule has 0 heterocycles. The molecule has 26 heavy (non-hydrogen) atoms. The first-order valence-corrected chi connectivity index (χ1v) is 10.6. The van der Waals surface area contributed by atoms with Crippen LogP contribution in [0.25, 0.3) is 0 Å². The fourth-order valence-electron chi connectivity index (χ4n) is 2.61. The van der Waals surface area contributed by atoms with Crippen LogP contribution in [0.3, 0.4) is 0 Å². The molecule has 0 aromatic heterocycles. The summed E-state index contributed by atoms with van der Waals surface area (Å²) in [5.41, 5.74) is 2.95. The van der Waals surface area contributed by atoms with Crippen molar-refractivity contribution >= 4 is 25.5 Å². The average Bonchev–Trinajstić information content (AvgIpc) is 2.53. The van der Waals surface area contributed by atoms with Crippen molar-refractivity contribution in [2.45, 2.75) is 43.2 Å². The minimum absolute atomic E-state index is 0.0798. The highest BCUT2D eigenvalue weighted by Crippen LogP contribution is 2.28. The molecule has 0 radical (unpaired) electrons. The molecule has 0 atom stereocenters. The van der Waals surface area contributed by atoms with Gasteiger partial charge in [0.25, 0.3) is 10.0 Å². The average molecular weight is 403 g/mol. The van der Waals surface area contributed by atoms with Crippen LogP contribution >= 0.6 is 0 Å². The van der Waals surface area contributed by atoms with Gasteiger partial charge >= 0.3 is 5.76 Å². The highest BCUT2D eigenvalue weighted by atomic mass is 32.2. The lowest BCUT2D eigenvalue weighted by Gasteiger charge is -2.17. The number of hydrogen-bond acceptors (Lipinski definition) is 4. The van der Waals surface area contributed by atoms with Gasteiger partial charge in [-0.3, -0.25) is 4.72 Å². The number of rotatable bonds is 5. The Kier molecular flexibility index (Phi) is 5.44. The summed E-state index contributed by atoms with van der Waals surface area (Å²) in [7, 11) is -8.66. The summed E-state index contributed by atoms with van der Waals surface area (Å²) in [6.07, 6.45) is 0. The zero-order valence-corrected chi connectivity index (χ0v) is 16.3. The number of nitrogens with one attached hydrogen (secondary N) is 1. The summed E-state index contributed by atoms with van der Waals surface area (Å²) in [6.45, 7) is 7.03. The number of halogens is 2. The summed E-state index contributed by atoms with van der Waals surface area (Å²) in [5, 5.41) is 0. The number of alkyl halides is 2. The Labute approximate surface area is 152 Å². The molecule has 0 unspecified atom stereocenters. The van der Waals surface area contributed by atoms with Crippen molar-refractivity contribution in [2.24, 2.45) is 0 Å². The Hall–Kier alpha value is -2.00. The van der Waals surface area contributed by atoms with Crippen molar-refractivity contribution < 1.29 is 25.6 Å². The maximum Gasteiger partial charge on any atom is 0.341 e. The second kappa shape index (κ2) is 6.96. The quantitative estimate of drug-likeness (QED) is 0.825. The second-order valence-corrected chi connectivity index (χ2v) is 9.56. The molecule has 142 valence electrons. The van der Waals surface area contributed by atoms with Gasteiger partial charge in [-0.1, -0.05) is 6.07 Å². The molecule has 2 aromatic rings. The third kappa shape index (κ3) is 3.73. The molecule has 0 bridgehead atoms. The minimum atomic E-state index is -4.72. The number of anilines is 1. The van der Waals surface area contributed by atoms with Crippen LogP contribution in [0.1, 0.15) is 22.3 Å². The van der Waals surface area contributed by atoms with Crippen molar-refractivity contribution in [3.8, 4) is 0 Å². The lowest BCUT2D eigenvalue weighted by molar-refractivity contribution is 0.234. The zero-order valence-electron chi connectivity index (χ0n) is 14.7. The van der Waals surface area contributed by atoms with E-state index >= 15 is 0 Å². The first kappa shape index (κ1) is 20.3. The summed E-state index contributed by atoms with van der Waals surface area (Å²) in [5.74, 6) is -3.54. The van der Waals surface area contributed by atoms with Gasteiger partial charge in [0, 0.05) is 5.69 Å². The highest BCUT2D eigenvalue weighted by Gasteiger charge is 2.27. The summed E-state index contributed by atoms with van der Waals surface area (Å²) < 4.78 is 75.9. The number of hydrogen-bond donors (Lipinski definition) is 1. The number of benzene rings is 2. The molecule has 0 fully saturated rings. The van der Waals surface area contributed by atoms with Gasteiger partial charge < -0.3 is 0 Å². The maximum atomic E-state index is 12.8. The standard InChI is InChI=1S/C17H19F2NO4S2/c1-10-9-11(2)13(4)16(12(10)3)26(23,24)20-14-5-7-15(8-6-14)25(21,22)17(18)19/h5-9,17,20H,1-4H3. The largest absolute Gasteiger partial charge is 0.341 e. The van der Waals surface area contributed by atoms with Crippen molar-refractivity contribution in [3.63, 3.8) is 0 Å². The van der Waals surface area contributed by atoms with Gasteiger partial charge in [0.2, 0.25) is 9.84 Å². The first-order valence-electron chi connectivity index (χ1n) is 7.60. The molecular weight excluding hydrogens is 384 g/mol. The van der Waals surface area contributed by atoms with E-state index in [2.05, 4.69) is 4.72 Å². The Morgan fingerprint density at radius 3 is 1.73 bits per heavy atom. The van der Waals surface area contributed by atoms with Crippen LogP contribution < -0.4 is 4.72 Å². The molecule has 1 N–H and O–H groups in total.